The fraction of sp³-hybridized carbons (Fsp3) is 0.438. The molecule has 25 heavy (non-hydrogen) atoms. The lowest BCUT2D eigenvalue weighted by Gasteiger charge is -2.05. The molecule has 1 aromatic heterocycles. The van der Waals surface area contributed by atoms with Crippen LogP contribution in [0.5, 0.6) is 0 Å². The number of aromatic amines is 1. The number of halogens is 2. The summed E-state index contributed by atoms with van der Waals surface area (Å²) in [7, 11) is 0. The average molecular weight is 384 g/mol. The lowest BCUT2D eigenvalue weighted by molar-refractivity contribution is -0.113. The van der Waals surface area contributed by atoms with Crippen LogP contribution in [0.15, 0.2) is 34.3 Å². The average Bonchev–Trinajstić information content (AvgIpc) is 3.25. The molecule has 5 nitrogen and oxygen atoms in total. The molecule has 1 aromatic carbocycles. The van der Waals surface area contributed by atoms with Crippen LogP contribution in [0, 0.1) is 0 Å². The van der Waals surface area contributed by atoms with Crippen LogP contribution in [0.2, 0.25) is 0 Å². The van der Waals surface area contributed by atoms with Crippen molar-refractivity contribution in [2.75, 3.05) is 11.1 Å². The second kappa shape index (κ2) is 8.66. The minimum Gasteiger partial charge on any atom is -0.325 e. The van der Waals surface area contributed by atoms with Gasteiger partial charge in [0, 0.05) is 16.5 Å². The van der Waals surface area contributed by atoms with Gasteiger partial charge in [-0.15, -0.1) is 5.10 Å². The predicted octanol–water partition coefficient (Wildman–Crippen LogP) is 4.51. The van der Waals surface area contributed by atoms with Gasteiger partial charge in [0.05, 0.1) is 5.75 Å². The van der Waals surface area contributed by atoms with Crippen LogP contribution in [0.25, 0.3) is 0 Å². The molecule has 2 aromatic rings. The molecular formula is C16H18F2N4OS2. The maximum atomic E-state index is 12.3. The van der Waals surface area contributed by atoms with Gasteiger partial charge in [0.2, 0.25) is 11.1 Å². The third-order valence-electron chi connectivity index (χ3n) is 3.92. The molecule has 0 bridgehead atoms. The molecule has 134 valence electrons. The van der Waals surface area contributed by atoms with E-state index in [-0.39, 0.29) is 11.7 Å². The van der Waals surface area contributed by atoms with Crippen molar-refractivity contribution in [2.45, 2.75) is 47.4 Å². The van der Waals surface area contributed by atoms with Crippen molar-refractivity contribution in [1.29, 1.82) is 0 Å². The molecule has 0 radical (unpaired) electrons. The van der Waals surface area contributed by atoms with E-state index in [2.05, 4.69) is 20.5 Å². The van der Waals surface area contributed by atoms with Gasteiger partial charge in [-0.3, -0.25) is 9.89 Å². The summed E-state index contributed by atoms with van der Waals surface area (Å²) in [5, 5.41) is 10.4. The number of benzene rings is 1. The highest BCUT2D eigenvalue weighted by molar-refractivity contribution is 8.00. The SMILES string of the molecule is O=C(CSc1n[nH]c(C2CCCC2)n1)Nc1ccc(SC(F)F)cc1. The normalized spacial score (nSPS) is 15.0. The van der Waals surface area contributed by atoms with Gasteiger partial charge in [-0.1, -0.05) is 36.4 Å². The molecule has 1 aliphatic rings. The van der Waals surface area contributed by atoms with Gasteiger partial charge in [-0.25, -0.2) is 4.98 Å². The van der Waals surface area contributed by atoms with Gasteiger partial charge in [0.1, 0.15) is 5.82 Å². The maximum Gasteiger partial charge on any atom is 0.288 e. The van der Waals surface area contributed by atoms with Crippen molar-refractivity contribution < 1.29 is 13.6 Å². The number of anilines is 1. The molecule has 0 atom stereocenters. The molecule has 3 rings (SSSR count). The largest absolute Gasteiger partial charge is 0.325 e. The topological polar surface area (TPSA) is 70.7 Å². The molecule has 1 aliphatic carbocycles. The molecule has 1 heterocycles. The van der Waals surface area contributed by atoms with E-state index in [0.717, 1.165) is 18.7 Å². The van der Waals surface area contributed by atoms with Crippen molar-refractivity contribution in [1.82, 2.24) is 15.2 Å². The lowest BCUT2D eigenvalue weighted by atomic mass is 10.1. The summed E-state index contributed by atoms with van der Waals surface area (Å²) in [6.07, 6.45) is 4.73. The summed E-state index contributed by atoms with van der Waals surface area (Å²) >= 11 is 1.75. The summed E-state index contributed by atoms with van der Waals surface area (Å²) in [6.45, 7) is 0. The Morgan fingerprint density at radius 2 is 2.00 bits per heavy atom. The van der Waals surface area contributed by atoms with Crippen molar-refractivity contribution in [3.8, 4) is 0 Å². The number of alkyl halides is 2. The highest BCUT2D eigenvalue weighted by Gasteiger charge is 2.20. The quantitative estimate of drug-likeness (QED) is 0.688. The first-order valence-electron chi connectivity index (χ1n) is 8.00. The van der Waals surface area contributed by atoms with Crippen LogP contribution in [0.3, 0.4) is 0 Å². The Bertz CT molecular complexity index is 702. The number of H-pyrrole nitrogens is 1. The Labute approximate surface area is 152 Å². The van der Waals surface area contributed by atoms with E-state index in [4.69, 9.17) is 0 Å². The first kappa shape index (κ1) is 18.2. The van der Waals surface area contributed by atoms with E-state index in [1.54, 1.807) is 24.3 Å². The monoisotopic (exact) mass is 384 g/mol. The Morgan fingerprint density at radius 1 is 1.28 bits per heavy atom. The number of amides is 1. The fourth-order valence-electron chi connectivity index (χ4n) is 2.75. The van der Waals surface area contributed by atoms with Gasteiger partial charge in [0.25, 0.3) is 5.76 Å². The Hall–Kier alpha value is -1.61. The first-order chi connectivity index (χ1) is 12.1. The van der Waals surface area contributed by atoms with Crippen molar-refractivity contribution in [3.63, 3.8) is 0 Å². The Balaban J connectivity index is 1.46. The van der Waals surface area contributed by atoms with E-state index in [0.29, 0.717) is 33.4 Å². The molecule has 1 fully saturated rings. The Kier molecular flexibility index (Phi) is 6.30. The van der Waals surface area contributed by atoms with Crippen LogP contribution in [-0.4, -0.2) is 32.6 Å². The van der Waals surface area contributed by atoms with Gasteiger partial charge in [-0.05, 0) is 37.1 Å². The number of rotatable bonds is 7. The molecule has 0 unspecified atom stereocenters. The fourth-order valence-corrected chi connectivity index (χ4v) is 3.86. The molecule has 0 aliphatic heterocycles. The molecule has 1 saturated carbocycles. The number of nitrogens with zero attached hydrogens (tertiary/aromatic N) is 2. The first-order valence-corrected chi connectivity index (χ1v) is 9.86. The van der Waals surface area contributed by atoms with E-state index in [9.17, 15) is 13.6 Å². The lowest BCUT2D eigenvalue weighted by Crippen LogP contribution is -2.14. The molecule has 9 heteroatoms. The number of carbonyl (C=O) groups is 1. The van der Waals surface area contributed by atoms with Crippen LogP contribution in [-0.2, 0) is 4.79 Å². The third kappa shape index (κ3) is 5.43. The van der Waals surface area contributed by atoms with Crippen molar-refractivity contribution in [3.05, 3.63) is 30.1 Å². The summed E-state index contributed by atoms with van der Waals surface area (Å²) in [4.78, 5) is 16.9. The standard InChI is InChI=1S/C16H18F2N4OS2/c17-15(18)25-12-7-5-11(6-8-12)19-13(23)9-24-16-20-14(21-22-16)10-3-1-2-4-10/h5-8,10,15H,1-4,9H2,(H,19,23)(H,20,21,22). The number of thioether (sulfide) groups is 2. The second-order valence-electron chi connectivity index (χ2n) is 5.72. The van der Waals surface area contributed by atoms with Crippen molar-refractivity contribution >= 4 is 35.1 Å². The highest BCUT2D eigenvalue weighted by Crippen LogP contribution is 2.32. The molecule has 0 saturated heterocycles. The highest BCUT2D eigenvalue weighted by atomic mass is 32.2. The Morgan fingerprint density at radius 3 is 2.68 bits per heavy atom. The molecule has 0 spiro atoms. The third-order valence-corrected chi connectivity index (χ3v) is 5.49. The minimum absolute atomic E-state index is 0.188. The minimum atomic E-state index is -2.45. The number of nitrogens with one attached hydrogen (secondary N) is 2. The smallest absolute Gasteiger partial charge is 0.288 e. The number of aromatic nitrogens is 3. The van der Waals surface area contributed by atoms with E-state index >= 15 is 0 Å². The number of hydrogen-bond acceptors (Lipinski definition) is 5. The number of carbonyl (C=O) groups excluding carboxylic acids is 1. The van der Waals surface area contributed by atoms with Gasteiger partial charge >= 0.3 is 0 Å². The van der Waals surface area contributed by atoms with E-state index in [1.807, 2.05) is 0 Å². The summed E-state index contributed by atoms with van der Waals surface area (Å²) < 4.78 is 24.5. The van der Waals surface area contributed by atoms with Gasteiger partial charge < -0.3 is 5.32 Å². The van der Waals surface area contributed by atoms with Crippen LogP contribution in [0.4, 0.5) is 14.5 Å². The summed E-state index contributed by atoms with van der Waals surface area (Å²) in [5.41, 5.74) is 0.575. The van der Waals surface area contributed by atoms with Crippen molar-refractivity contribution in [2.24, 2.45) is 0 Å². The van der Waals surface area contributed by atoms with Crippen LogP contribution in [0.1, 0.15) is 37.4 Å². The predicted molar refractivity (Wildman–Crippen MR) is 95.2 cm³/mol. The molecule has 1 amide bonds. The zero-order chi connectivity index (χ0) is 17.6. The van der Waals surface area contributed by atoms with Crippen LogP contribution < -0.4 is 5.32 Å². The zero-order valence-electron chi connectivity index (χ0n) is 13.4. The number of hydrogen-bond donors (Lipinski definition) is 2. The zero-order valence-corrected chi connectivity index (χ0v) is 15.0. The maximum absolute atomic E-state index is 12.3. The van der Waals surface area contributed by atoms with Crippen LogP contribution >= 0.6 is 23.5 Å². The summed E-state index contributed by atoms with van der Waals surface area (Å²) in [6, 6.07) is 6.34. The van der Waals surface area contributed by atoms with E-state index in [1.165, 1.54) is 24.6 Å². The van der Waals surface area contributed by atoms with E-state index < -0.39 is 5.76 Å². The van der Waals surface area contributed by atoms with Gasteiger partial charge in [0.15, 0.2) is 0 Å². The summed E-state index contributed by atoms with van der Waals surface area (Å²) in [5.74, 6) is -1.08. The second-order valence-corrected chi connectivity index (χ2v) is 7.73. The molecule has 2 N–H and O–H groups in total. The van der Waals surface area contributed by atoms with Gasteiger partial charge in [-0.2, -0.15) is 8.78 Å². The molecular weight excluding hydrogens is 366 g/mol.